The molecule has 1 saturated heterocycles. The molecule has 11 heteroatoms. The van der Waals surface area contributed by atoms with Gasteiger partial charge in [-0.2, -0.15) is 4.31 Å². The van der Waals surface area contributed by atoms with E-state index in [0.717, 1.165) is 5.56 Å². The van der Waals surface area contributed by atoms with Crippen molar-refractivity contribution in [2.75, 3.05) is 26.2 Å². The Hall–Kier alpha value is -2.92. The van der Waals surface area contributed by atoms with Crippen LogP contribution in [0.15, 0.2) is 39.8 Å². The maximum absolute atomic E-state index is 13.3. The average Bonchev–Trinajstić information content (AvgIpc) is 3.19. The van der Waals surface area contributed by atoms with Crippen molar-refractivity contribution in [3.05, 3.63) is 47.3 Å². The fraction of sp³-hybridized carbons (Fsp3) is 0.522. The van der Waals surface area contributed by atoms with Crippen LogP contribution in [0.1, 0.15) is 37.3 Å². The van der Waals surface area contributed by atoms with Gasteiger partial charge in [-0.3, -0.25) is 4.79 Å². The molecular weight excluding hydrogens is 460 g/mol. The van der Waals surface area contributed by atoms with Crippen molar-refractivity contribution >= 4 is 22.0 Å². The van der Waals surface area contributed by atoms with Gasteiger partial charge in [-0.25, -0.2) is 13.2 Å². The number of nitrogens with one attached hydrogen (secondary N) is 1. The molecule has 2 aromatic rings. The van der Waals surface area contributed by atoms with Gasteiger partial charge in [-0.05, 0) is 25.3 Å². The molecule has 1 aromatic heterocycles. The van der Waals surface area contributed by atoms with E-state index in [1.165, 1.54) is 4.31 Å². The number of nitrogens with zero attached hydrogens (tertiary/aromatic N) is 3. The summed E-state index contributed by atoms with van der Waals surface area (Å²) < 4.78 is 37.7. The third kappa shape index (κ3) is 5.76. The Balaban J connectivity index is 1.61. The van der Waals surface area contributed by atoms with Gasteiger partial charge in [0, 0.05) is 26.2 Å². The highest BCUT2D eigenvalue weighted by Gasteiger charge is 2.37. The van der Waals surface area contributed by atoms with Gasteiger partial charge in [0.1, 0.15) is 23.2 Å². The van der Waals surface area contributed by atoms with E-state index in [-0.39, 0.29) is 55.3 Å². The molecule has 0 bridgehead atoms. The van der Waals surface area contributed by atoms with Crippen molar-refractivity contribution in [3.8, 4) is 0 Å². The molecule has 1 fully saturated rings. The lowest BCUT2D eigenvalue weighted by Crippen LogP contribution is -2.57. The van der Waals surface area contributed by atoms with Gasteiger partial charge in [0.05, 0.1) is 0 Å². The number of hydrogen-bond acceptors (Lipinski definition) is 7. The average molecular weight is 493 g/mol. The summed E-state index contributed by atoms with van der Waals surface area (Å²) in [6.45, 7) is 7.80. The Morgan fingerprint density at radius 3 is 2.35 bits per heavy atom. The second-order valence-electron chi connectivity index (χ2n) is 8.45. The van der Waals surface area contributed by atoms with E-state index in [0.29, 0.717) is 12.1 Å². The minimum absolute atomic E-state index is 0.0765. The molecule has 0 aliphatic carbocycles. The monoisotopic (exact) mass is 492 g/mol. The Morgan fingerprint density at radius 1 is 1.15 bits per heavy atom. The summed E-state index contributed by atoms with van der Waals surface area (Å²) in [4.78, 5) is 27.3. The SMILES string of the molecule is CC[C@H](C)[C@H](NC(=O)OCc1ccccc1)C(=O)N1CCN(S(=O)(=O)c2c(C)noc2C)CC1. The standard InChI is InChI=1S/C23H32N4O6S/c1-5-16(2)20(24-23(29)32-15-19-9-7-6-8-10-19)22(28)26-11-13-27(14-12-26)34(30,31)21-17(3)25-33-18(21)4/h6-10,16,20H,5,11-15H2,1-4H3,(H,24,29)/t16-,20-/m0/s1. The van der Waals surface area contributed by atoms with Gasteiger partial charge in [0.15, 0.2) is 5.76 Å². The van der Waals surface area contributed by atoms with Gasteiger partial charge in [-0.1, -0.05) is 55.8 Å². The summed E-state index contributed by atoms with van der Waals surface area (Å²) in [6.07, 6.45) is 0.0116. The minimum atomic E-state index is -3.77. The van der Waals surface area contributed by atoms with Crippen LogP contribution in [0, 0.1) is 19.8 Å². The summed E-state index contributed by atoms with van der Waals surface area (Å²) in [5.74, 6) is -0.132. The Morgan fingerprint density at radius 2 is 1.79 bits per heavy atom. The lowest BCUT2D eigenvalue weighted by molar-refractivity contribution is -0.135. The van der Waals surface area contributed by atoms with Crippen LogP contribution < -0.4 is 5.32 Å². The number of sulfonamides is 1. The second-order valence-corrected chi connectivity index (χ2v) is 10.3. The zero-order chi connectivity index (χ0) is 24.9. The first-order valence-electron chi connectivity index (χ1n) is 11.3. The summed E-state index contributed by atoms with van der Waals surface area (Å²) in [5, 5.41) is 6.45. The zero-order valence-corrected chi connectivity index (χ0v) is 20.8. The van der Waals surface area contributed by atoms with Crippen LogP contribution in [0.5, 0.6) is 0 Å². The first kappa shape index (κ1) is 25.7. The van der Waals surface area contributed by atoms with Gasteiger partial charge >= 0.3 is 6.09 Å². The smallest absolute Gasteiger partial charge is 0.408 e. The van der Waals surface area contributed by atoms with E-state index in [4.69, 9.17) is 9.26 Å². The number of hydrogen-bond donors (Lipinski definition) is 1. The van der Waals surface area contributed by atoms with Crippen LogP contribution in [0.3, 0.4) is 0 Å². The molecule has 1 aliphatic heterocycles. The van der Waals surface area contributed by atoms with E-state index < -0.39 is 22.2 Å². The highest BCUT2D eigenvalue weighted by Crippen LogP contribution is 2.24. The molecule has 0 spiro atoms. The molecule has 0 unspecified atom stereocenters. The number of carbonyl (C=O) groups is 2. The number of piperazine rings is 1. The fourth-order valence-electron chi connectivity index (χ4n) is 3.89. The maximum atomic E-state index is 13.3. The molecule has 1 aliphatic rings. The van der Waals surface area contributed by atoms with Crippen molar-refractivity contribution in [1.29, 1.82) is 0 Å². The molecule has 2 atom stereocenters. The van der Waals surface area contributed by atoms with Crippen LogP contribution in [0.25, 0.3) is 0 Å². The molecular formula is C23H32N4O6S. The number of rotatable bonds is 8. The first-order chi connectivity index (χ1) is 16.1. The molecule has 186 valence electrons. The number of carbonyl (C=O) groups excluding carboxylic acids is 2. The topological polar surface area (TPSA) is 122 Å². The largest absolute Gasteiger partial charge is 0.445 e. The van der Waals surface area contributed by atoms with Gasteiger partial charge < -0.3 is 19.5 Å². The van der Waals surface area contributed by atoms with Crippen LogP contribution in [-0.4, -0.2) is 67.0 Å². The molecule has 3 rings (SSSR count). The maximum Gasteiger partial charge on any atom is 0.408 e. The molecule has 1 aromatic carbocycles. The van der Waals surface area contributed by atoms with Gasteiger partial charge in [-0.15, -0.1) is 0 Å². The van der Waals surface area contributed by atoms with Crippen LogP contribution in [0.4, 0.5) is 4.79 Å². The quantitative estimate of drug-likeness (QED) is 0.601. The normalized spacial score (nSPS) is 16.6. The Kier molecular flexibility index (Phi) is 8.32. The summed E-state index contributed by atoms with van der Waals surface area (Å²) in [6, 6.07) is 8.52. The second kappa shape index (κ2) is 11.0. The third-order valence-corrected chi connectivity index (χ3v) is 8.22. The Bertz CT molecular complexity index is 1070. The lowest BCUT2D eigenvalue weighted by Gasteiger charge is -2.36. The van der Waals surface area contributed by atoms with E-state index >= 15 is 0 Å². The molecule has 34 heavy (non-hydrogen) atoms. The molecule has 0 saturated carbocycles. The lowest BCUT2D eigenvalue weighted by atomic mass is 9.97. The molecule has 10 nitrogen and oxygen atoms in total. The predicted molar refractivity (Wildman–Crippen MR) is 124 cm³/mol. The fourth-order valence-corrected chi connectivity index (χ4v) is 5.61. The van der Waals surface area contributed by atoms with E-state index in [1.54, 1.807) is 18.7 Å². The third-order valence-electron chi connectivity index (χ3n) is 6.08. The Labute approximate surface area is 200 Å². The van der Waals surface area contributed by atoms with Crippen molar-refractivity contribution in [2.45, 2.75) is 51.7 Å². The predicted octanol–water partition coefficient (Wildman–Crippen LogP) is 2.47. The van der Waals surface area contributed by atoms with Gasteiger partial charge in [0.2, 0.25) is 15.9 Å². The first-order valence-corrected chi connectivity index (χ1v) is 12.8. The number of aryl methyl sites for hydroxylation is 2. The number of alkyl carbamates (subject to hydrolysis) is 1. The van der Waals surface area contributed by atoms with E-state index in [2.05, 4.69) is 10.5 Å². The van der Waals surface area contributed by atoms with Crippen molar-refractivity contribution in [2.24, 2.45) is 5.92 Å². The summed E-state index contributed by atoms with van der Waals surface area (Å²) >= 11 is 0. The molecule has 2 heterocycles. The van der Waals surface area contributed by atoms with Crippen molar-refractivity contribution in [3.63, 3.8) is 0 Å². The number of benzene rings is 1. The highest BCUT2D eigenvalue weighted by molar-refractivity contribution is 7.89. The number of aromatic nitrogens is 1. The van der Waals surface area contributed by atoms with Crippen molar-refractivity contribution in [1.82, 2.24) is 19.7 Å². The zero-order valence-electron chi connectivity index (χ0n) is 20.0. The molecule has 0 radical (unpaired) electrons. The van der Waals surface area contributed by atoms with E-state index in [9.17, 15) is 18.0 Å². The molecule has 1 N–H and O–H groups in total. The summed E-state index contributed by atoms with van der Waals surface area (Å²) in [7, 11) is -3.77. The minimum Gasteiger partial charge on any atom is -0.445 e. The number of amides is 2. The van der Waals surface area contributed by atoms with Crippen LogP contribution >= 0.6 is 0 Å². The van der Waals surface area contributed by atoms with Crippen LogP contribution in [-0.2, 0) is 26.2 Å². The van der Waals surface area contributed by atoms with Gasteiger partial charge in [0.25, 0.3) is 0 Å². The van der Waals surface area contributed by atoms with Crippen molar-refractivity contribution < 1.29 is 27.3 Å². The molecule has 2 amide bonds. The number of ether oxygens (including phenoxy) is 1. The van der Waals surface area contributed by atoms with E-state index in [1.807, 2.05) is 44.2 Å². The highest BCUT2D eigenvalue weighted by atomic mass is 32.2. The summed E-state index contributed by atoms with van der Waals surface area (Å²) in [5.41, 5.74) is 1.16. The van der Waals surface area contributed by atoms with Crippen LogP contribution in [0.2, 0.25) is 0 Å².